The summed E-state index contributed by atoms with van der Waals surface area (Å²) in [6.07, 6.45) is -3.07. The van der Waals surface area contributed by atoms with Crippen LogP contribution in [0.4, 0.5) is 0 Å². The fraction of sp³-hybridized carbons (Fsp3) is 0.462. The van der Waals surface area contributed by atoms with E-state index in [1.807, 2.05) is 30.3 Å². The Labute approximate surface area is 116 Å². The number of aliphatic hydroxyl groups excluding tert-OH is 1. The maximum absolute atomic E-state index is 10.6. The molecule has 0 aromatic heterocycles. The average molecular weight is 283 g/mol. The predicted molar refractivity (Wildman–Crippen MR) is 67.5 cm³/mol. The van der Waals surface area contributed by atoms with Gasteiger partial charge in [-0.05, 0) is 5.56 Å². The maximum Gasteiger partial charge on any atom is 0.335 e. The third kappa shape index (κ3) is 4.26. The summed E-state index contributed by atoms with van der Waals surface area (Å²) >= 11 is 0. The molecule has 1 aromatic carbocycles. The molecule has 1 aromatic rings. The van der Waals surface area contributed by atoms with E-state index in [4.69, 9.17) is 19.4 Å². The van der Waals surface area contributed by atoms with E-state index in [1.54, 1.807) is 0 Å². The zero-order valence-corrected chi connectivity index (χ0v) is 10.8. The lowest BCUT2D eigenvalue weighted by Gasteiger charge is -2.14. The fourth-order valence-electron chi connectivity index (χ4n) is 1.74. The van der Waals surface area contributed by atoms with Crippen molar-refractivity contribution in [2.45, 2.75) is 25.1 Å². The molecule has 3 N–H and O–H groups in total. The highest BCUT2D eigenvalue weighted by Crippen LogP contribution is 2.14. The van der Waals surface area contributed by atoms with Crippen LogP contribution in [0.2, 0.25) is 0 Å². The predicted octanol–water partition coefficient (Wildman–Crippen LogP) is -0.105. The van der Waals surface area contributed by atoms with Crippen LogP contribution in [0.15, 0.2) is 30.3 Å². The Hall–Kier alpha value is -1.51. The van der Waals surface area contributed by atoms with Gasteiger partial charge in [-0.1, -0.05) is 30.3 Å². The van der Waals surface area contributed by atoms with Crippen molar-refractivity contribution in [3.05, 3.63) is 35.9 Å². The molecule has 1 aliphatic heterocycles. The highest BCUT2D eigenvalue weighted by Gasteiger charge is 2.35. The average Bonchev–Trinajstić information content (AvgIpc) is 2.92. The van der Waals surface area contributed by atoms with E-state index >= 15 is 0 Å². The zero-order chi connectivity index (χ0) is 14.4. The number of nitrogens with one attached hydrogen (secondary N) is 1. The van der Waals surface area contributed by atoms with E-state index in [9.17, 15) is 9.90 Å². The van der Waals surface area contributed by atoms with E-state index in [0.717, 1.165) is 5.56 Å². The molecular formula is C13H17NO6. The minimum atomic E-state index is -1.58. The van der Waals surface area contributed by atoms with Gasteiger partial charge in [-0.25, -0.2) is 4.79 Å². The highest BCUT2D eigenvalue weighted by molar-refractivity contribution is 5.72. The minimum absolute atomic E-state index is 0.0402. The Kier molecular flexibility index (Phi) is 5.45. The van der Waals surface area contributed by atoms with Crippen molar-refractivity contribution in [1.29, 1.82) is 0 Å². The van der Waals surface area contributed by atoms with Gasteiger partial charge in [-0.15, -0.1) is 0 Å². The zero-order valence-electron chi connectivity index (χ0n) is 10.8. The summed E-state index contributed by atoms with van der Waals surface area (Å²) in [7, 11) is 0. The molecule has 7 heteroatoms. The van der Waals surface area contributed by atoms with Crippen LogP contribution in [0.25, 0.3) is 0 Å². The number of aliphatic carboxylic acids is 1. The van der Waals surface area contributed by atoms with E-state index in [-0.39, 0.29) is 13.2 Å². The number of aliphatic hydroxyl groups is 1. The first-order chi connectivity index (χ1) is 9.66. The molecule has 0 saturated carbocycles. The van der Waals surface area contributed by atoms with Crippen molar-refractivity contribution < 1.29 is 29.3 Å². The molecule has 0 spiro atoms. The van der Waals surface area contributed by atoms with Gasteiger partial charge in [0, 0.05) is 0 Å². The fourth-order valence-corrected chi connectivity index (χ4v) is 1.74. The van der Waals surface area contributed by atoms with Crippen LogP contribution >= 0.6 is 0 Å². The van der Waals surface area contributed by atoms with Gasteiger partial charge in [0.1, 0.15) is 6.10 Å². The van der Waals surface area contributed by atoms with Crippen LogP contribution < -0.4 is 5.48 Å². The summed E-state index contributed by atoms with van der Waals surface area (Å²) in [5.41, 5.74) is 3.71. The lowest BCUT2D eigenvalue weighted by Crippen LogP contribution is -2.36. The number of hydrogen-bond donors (Lipinski definition) is 3. The molecule has 0 amide bonds. The lowest BCUT2D eigenvalue weighted by molar-refractivity contribution is -0.156. The van der Waals surface area contributed by atoms with E-state index in [2.05, 4.69) is 5.48 Å². The second kappa shape index (κ2) is 7.32. The topological polar surface area (TPSA) is 97.3 Å². The van der Waals surface area contributed by atoms with Gasteiger partial charge in [0.2, 0.25) is 0 Å². The van der Waals surface area contributed by atoms with Crippen molar-refractivity contribution in [1.82, 2.24) is 5.48 Å². The number of hydrogen-bond acceptors (Lipinski definition) is 6. The Morgan fingerprint density at radius 1 is 1.45 bits per heavy atom. The summed E-state index contributed by atoms with van der Waals surface area (Å²) in [6, 6.07) is 9.62. The number of hydroxylamine groups is 1. The van der Waals surface area contributed by atoms with E-state index in [1.165, 1.54) is 0 Å². The smallest absolute Gasteiger partial charge is 0.335 e. The molecule has 1 fully saturated rings. The number of ether oxygens (including phenoxy) is 2. The van der Waals surface area contributed by atoms with Crippen LogP contribution in [0, 0.1) is 0 Å². The Bertz CT molecular complexity index is 426. The third-order valence-corrected chi connectivity index (χ3v) is 2.81. The van der Waals surface area contributed by atoms with Crippen molar-refractivity contribution in [2.24, 2.45) is 0 Å². The summed E-state index contributed by atoms with van der Waals surface area (Å²) in [5.74, 6) is -1.33. The van der Waals surface area contributed by atoms with Crippen molar-refractivity contribution >= 4 is 5.97 Å². The molecule has 2 rings (SSSR count). The van der Waals surface area contributed by atoms with Gasteiger partial charge in [0.15, 0.2) is 12.4 Å². The second-order valence-corrected chi connectivity index (χ2v) is 4.34. The highest BCUT2D eigenvalue weighted by atomic mass is 16.7. The molecule has 110 valence electrons. The van der Waals surface area contributed by atoms with E-state index in [0.29, 0.717) is 6.61 Å². The first-order valence-electron chi connectivity index (χ1n) is 6.23. The first kappa shape index (κ1) is 14.9. The largest absolute Gasteiger partial charge is 0.479 e. The molecule has 7 nitrogen and oxygen atoms in total. The van der Waals surface area contributed by atoms with Gasteiger partial charge in [0.05, 0.1) is 19.8 Å². The SMILES string of the molecule is O=C(O)C(O)[C@@H]1COC(CNOCc2ccccc2)O1. The molecule has 1 aliphatic rings. The Balaban J connectivity index is 1.63. The molecule has 1 heterocycles. The van der Waals surface area contributed by atoms with Gasteiger partial charge in [-0.2, -0.15) is 5.48 Å². The van der Waals surface area contributed by atoms with Crippen molar-refractivity contribution in [3.63, 3.8) is 0 Å². The number of carboxylic acids is 1. The van der Waals surface area contributed by atoms with E-state index < -0.39 is 24.5 Å². The van der Waals surface area contributed by atoms with Crippen LogP contribution in [0.5, 0.6) is 0 Å². The van der Waals surface area contributed by atoms with Gasteiger partial charge >= 0.3 is 5.97 Å². The summed E-state index contributed by atoms with van der Waals surface area (Å²) < 4.78 is 10.4. The molecule has 1 saturated heterocycles. The second-order valence-electron chi connectivity index (χ2n) is 4.34. The quantitative estimate of drug-likeness (QED) is 0.474. The Morgan fingerprint density at radius 2 is 2.20 bits per heavy atom. The molecular weight excluding hydrogens is 266 g/mol. The van der Waals surface area contributed by atoms with Crippen LogP contribution in [-0.4, -0.2) is 47.8 Å². The normalized spacial score (nSPS) is 23.6. The summed E-state index contributed by atoms with van der Waals surface area (Å²) in [6.45, 7) is 0.683. The standard InChI is InChI=1S/C13H17NO6/c15-12(13(16)17)10-8-18-11(20-10)6-14-19-7-9-4-2-1-3-5-9/h1-5,10-12,14-15H,6-8H2,(H,16,17)/t10-,11?,12?/m0/s1. The van der Waals surface area contributed by atoms with Crippen LogP contribution in [0.3, 0.4) is 0 Å². The molecule has 3 atom stereocenters. The van der Waals surface area contributed by atoms with Gasteiger partial charge in [0.25, 0.3) is 0 Å². The molecule has 0 bridgehead atoms. The molecule has 0 aliphatic carbocycles. The van der Waals surface area contributed by atoms with Gasteiger partial charge in [-0.3, -0.25) is 4.84 Å². The molecule has 0 radical (unpaired) electrons. The first-order valence-corrected chi connectivity index (χ1v) is 6.23. The summed E-state index contributed by atoms with van der Waals surface area (Å²) in [4.78, 5) is 15.8. The van der Waals surface area contributed by atoms with Crippen LogP contribution in [-0.2, 0) is 25.7 Å². The van der Waals surface area contributed by atoms with Crippen molar-refractivity contribution in [3.8, 4) is 0 Å². The third-order valence-electron chi connectivity index (χ3n) is 2.81. The molecule has 20 heavy (non-hydrogen) atoms. The van der Waals surface area contributed by atoms with Crippen molar-refractivity contribution in [2.75, 3.05) is 13.2 Å². The minimum Gasteiger partial charge on any atom is -0.479 e. The van der Waals surface area contributed by atoms with Gasteiger partial charge < -0.3 is 19.7 Å². The number of carbonyl (C=O) groups is 1. The Morgan fingerprint density at radius 3 is 2.90 bits per heavy atom. The monoisotopic (exact) mass is 283 g/mol. The molecule has 2 unspecified atom stereocenters. The number of rotatable bonds is 7. The lowest BCUT2D eigenvalue weighted by atomic mass is 10.2. The number of benzene rings is 1. The maximum atomic E-state index is 10.6. The summed E-state index contributed by atoms with van der Waals surface area (Å²) in [5, 5.41) is 18.0. The number of carboxylic acid groups (broad SMARTS) is 1. The van der Waals surface area contributed by atoms with Crippen LogP contribution in [0.1, 0.15) is 5.56 Å².